The number of nitrogens with one attached hydrogen (secondary N) is 2. The molecule has 0 radical (unpaired) electrons. The number of hydrogen-bond acceptors (Lipinski definition) is 13. The van der Waals surface area contributed by atoms with E-state index in [2.05, 4.69) is 15.1 Å². The number of nitrogens with zero attached hydrogens (tertiary/aromatic N) is 2. The molecule has 0 aliphatic carbocycles. The fourth-order valence-electron chi connectivity index (χ4n) is 5.08. The number of ether oxygens (including phenoxy) is 4. The minimum atomic E-state index is -4.44. The smallest absolute Gasteiger partial charge is 0.459 e. The van der Waals surface area contributed by atoms with Crippen LogP contribution in [-0.2, 0) is 37.6 Å². The first-order valence-corrected chi connectivity index (χ1v) is 17.6. The van der Waals surface area contributed by atoms with Crippen molar-refractivity contribution in [2.45, 2.75) is 76.2 Å². The molecule has 2 aromatic rings. The Kier molecular flexibility index (Phi) is 13.4. The molecule has 2 heterocycles. The first-order valence-electron chi connectivity index (χ1n) is 16.1. The minimum Gasteiger partial charge on any atom is -0.462 e. The summed E-state index contributed by atoms with van der Waals surface area (Å²) in [5.74, 6) is -1.67. The lowest BCUT2D eigenvalue weighted by Crippen LogP contribution is -2.58. The van der Waals surface area contributed by atoms with Gasteiger partial charge in [-0.3, -0.25) is 19.1 Å². The number of hydrogen-bond donors (Lipinski definition) is 4. The zero-order valence-electron chi connectivity index (χ0n) is 29.0. The average molecular weight is 753 g/mol. The van der Waals surface area contributed by atoms with Gasteiger partial charge in [-0.1, -0.05) is 48.5 Å². The minimum absolute atomic E-state index is 0.100. The number of carbonyl (C=O) groups is 4. The molecule has 3 amide bonds. The van der Waals surface area contributed by atoms with E-state index in [4.69, 9.17) is 23.3 Å². The van der Waals surface area contributed by atoms with Crippen LogP contribution in [0.25, 0.3) is 0 Å². The molecular formula is C33H42FN4O13P. The lowest BCUT2D eigenvalue weighted by atomic mass is 9.98. The molecule has 19 heteroatoms. The van der Waals surface area contributed by atoms with Crippen molar-refractivity contribution in [3.63, 3.8) is 0 Å². The third-order valence-electron chi connectivity index (χ3n) is 7.77. The van der Waals surface area contributed by atoms with E-state index in [-0.39, 0.29) is 5.75 Å². The standard InChI is InChI=1S/C33H42FN4O13P/c1-20(2)49-28(41)21(3)36-52(45,51-23-14-10-7-11-15-23)48-18-24-27(40)33(4,34)30(50-24)37-17-16-25(39)38(32(37)44)19-47-29(42)26(35-31(43)46-5)22-12-8-6-9-13-22/h6-17,20-21,24-27,30,39-40H,18-19H2,1-5H3,(H,35,43)(H,36,45)/t21?,24-,25?,26?,27-,30-,33-,52?/m1/s1. The Hall–Kier alpha value is -4.58. The van der Waals surface area contributed by atoms with E-state index in [0.717, 1.165) is 31.2 Å². The highest BCUT2D eigenvalue weighted by molar-refractivity contribution is 7.52. The molecule has 2 aromatic carbocycles. The first-order chi connectivity index (χ1) is 24.6. The van der Waals surface area contributed by atoms with Crippen LogP contribution in [0.3, 0.4) is 0 Å². The Morgan fingerprint density at radius 2 is 1.67 bits per heavy atom. The molecule has 17 nitrogen and oxygen atoms in total. The largest absolute Gasteiger partial charge is 0.462 e. The third-order valence-corrected chi connectivity index (χ3v) is 9.41. The number of benzene rings is 2. The summed E-state index contributed by atoms with van der Waals surface area (Å²) < 4.78 is 62.0. The number of esters is 2. The zero-order chi connectivity index (χ0) is 38.2. The number of carbonyl (C=O) groups excluding carboxylic acids is 4. The van der Waals surface area contributed by atoms with Crippen LogP contribution in [0.5, 0.6) is 5.75 Å². The van der Waals surface area contributed by atoms with Crippen molar-refractivity contribution < 1.29 is 66.3 Å². The lowest BCUT2D eigenvalue weighted by molar-refractivity contribution is -0.154. The molecule has 4 rings (SSSR count). The van der Waals surface area contributed by atoms with Crippen LogP contribution < -0.4 is 14.9 Å². The van der Waals surface area contributed by atoms with E-state index < -0.39 is 93.7 Å². The summed E-state index contributed by atoms with van der Waals surface area (Å²) in [5, 5.41) is 26.3. The summed E-state index contributed by atoms with van der Waals surface area (Å²) in [7, 11) is -3.34. The maximum atomic E-state index is 16.2. The predicted molar refractivity (Wildman–Crippen MR) is 179 cm³/mol. The van der Waals surface area contributed by atoms with Gasteiger partial charge < -0.3 is 39.0 Å². The first kappa shape index (κ1) is 40.2. The van der Waals surface area contributed by atoms with Gasteiger partial charge in [0.1, 0.15) is 24.0 Å². The van der Waals surface area contributed by atoms with Gasteiger partial charge in [0, 0.05) is 6.20 Å². The van der Waals surface area contributed by atoms with Gasteiger partial charge >= 0.3 is 31.8 Å². The molecular weight excluding hydrogens is 710 g/mol. The summed E-state index contributed by atoms with van der Waals surface area (Å²) in [6.07, 6.45) is -6.26. The SMILES string of the molecule is COC(=O)NC(C(=O)OCN1C(=O)N([C@@H]2O[C@H](COP(=O)(NC(C)C(=O)OC(C)C)Oc3ccccc3)[C@@H](O)[C@@]2(C)F)C=CC1O)c1ccccc1. The van der Waals surface area contributed by atoms with E-state index in [1.54, 1.807) is 62.4 Å². The van der Waals surface area contributed by atoms with E-state index in [1.807, 2.05) is 0 Å². The molecule has 0 aromatic heterocycles. The number of alkyl carbamates (subject to hydrolysis) is 1. The Morgan fingerprint density at radius 3 is 2.29 bits per heavy atom. The molecule has 8 atom stereocenters. The number of methoxy groups -OCH3 is 1. The van der Waals surface area contributed by atoms with Gasteiger partial charge in [-0.2, -0.15) is 5.09 Å². The molecule has 284 valence electrons. The van der Waals surface area contributed by atoms with Crippen molar-refractivity contribution >= 4 is 31.8 Å². The van der Waals surface area contributed by atoms with Gasteiger partial charge in [0.2, 0.25) is 0 Å². The number of aliphatic hydroxyl groups excluding tert-OH is 2. The molecule has 1 fully saturated rings. The number of aliphatic hydroxyl groups is 2. The van der Waals surface area contributed by atoms with Crippen molar-refractivity contribution in [1.82, 2.24) is 20.2 Å². The highest BCUT2D eigenvalue weighted by Gasteiger charge is 2.58. The molecule has 2 aliphatic rings. The van der Waals surface area contributed by atoms with Gasteiger partial charge in [-0.05, 0) is 51.5 Å². The topological polar surface area (TPSA) is 212 Å². The van der Waals surface area contributed by atoms with Gasteiger partial charge in [-0.25, -0.2) is 23.3 Å². The number of para-hydroxylation sites is 1. The van der Waals surface area contributed by atoms with Gasteiger partial charge in [0.05, 0.1) is 19.8 Å². The Balaban J connectivity index is 1.47. The summed E-state index contributed by atoms with van der Waals surface area (Å²) in [6.45, 7) is 4.00. The monoisotopic (exact) mass is 752 g/mol. The van der Waals surface area contributed by atoms with E-state index >= 15 is 4.39 Å². The van der Waals surface area contributed by atoms with Crippen molar-refractivity contribution in [3.8, 4) is 5.75 Å². The number of urea groups is 1. The second-order valence-electron chi connectivity index (χ2n) is 12.1. The fraction of sp³-hybridized carbons (Fsp3) is 0.455. The second-order valence-corrected chi connectivity index (χ2v) is 13.8. The second kappa shape index (κ2) is 17.3. The molecule has 0 saturated carbocycles. The quantitative estimate of drug-likeness (QED) is 0.117. The number of halogens is 1. The third kappa shape index (κ3) is 9.84. The maximum Gasteiger partial charge on any atom is 0.459 e. The normalized spacial score (nSPS) is 25.2. The number of amides is 3. The lowest BCUT2D eigenvalue weighted by Gasteiger charge is -2.39. The fourth-order valence-corrected chi connectivity index (χ4v) is 6.58. The van der Waals surface area contributed by atoms with Crippen molar-refractivity contribution in [2.75, 3.05) is 20.4 Å². The summed E-state index contributed by atoms with van der Waals surface area (Å²) in [4.78, 5) is 52.4. The molecule has 0 bridgehead atoms. The Labute approximate surface area is 299 Å². The molecule has 52 heavy (non-hydrogen) atoms. The average Bonchev–Trinajstić information content (AvgIpc) is 3.33. The molecule has 4 N–H and O–H groups in total. The summed E-state index contributed by atoms with van der Waals surface area (Å²) >= 11 is 0. The van der Waals surface area contributed by atoms with E-state index in [1.165, 1.54) is 19.1 Å². The number of alkyl halides is 1. The zero-order valence-corrected chi connectivity index (χ0v) is 29.9. The van der Waals surface area contributed by atoms with Gasteiger partial charge in [0.25, 0.3) is 0 Å². The van der Waals surface area contributed by atoms with Crippen molar-refractivity contribution in [3.05, 3.63) is 78.5 Å². The van der Waals surface area contributed by atoms with Crippen molar-refractivity contribution in [2.24, 2.45) is 0 Å². The van der Waals surface area contributed by atoms with Gasteiger partial charge in [-0.15, -0.1) is 0 Å². The predicted octanol–water partition coefficient (Wildman–Crippen LogP) is 3.10. The molecule has 1 saturated heterocycles. The van der Waals surface area contributed by atoms with Crippen LogP contribution in [0.4, 0.5) is 14.0 Å². The van der Waals surface area contributed by atoms with Crippen LogP contribution in [0.2, 0.25) is 0 Å². The molecule has 0 spiro atoms. The van der Waals surface area contributed by atoms with Crippen LogP contribution in [0, 0.1) is 0 Å². The molecule has 4 unspecified atom stereocenters. The van der Waals surface area contributed by atoms with Crippen LogP contribution >= 0.6 is 7.75 Å². The van der Waals surface area contributed by atoms with Crippen LogP contribution in [-0.4, -0.2) is 107 Å². The maximum absolute atomic E-state index is 16.2. The van der Waals surface area contributed by atoms with Gasteiger partial charge in [0.15, 0.2) is 30.9 Å². The molecule has 2 aliphatic heterocycles. The highest BCUT2D eigenvalue weighted by atomic mass is 31.2. The van der Waals surface area contributed by atoms with E-state index in [0.29, 0.717) is 10.5 Å². The summed E-state index contributed by atoms with van der Waals surface area (Å²) in [5.41, 5.74) is -2.34. The Morgan fingerprint density at radius 1 is 1.04 bits per heavy atom. The Bertz CT molecular complexity index is 1630. The van der Waals surface area contributed by atoms with Crippen LogP contribution in [0.1, 0.15) is 39.3 Å². The van der Waals surface area contributed by atoms with Crippen molar-refractivity contribution in [1.29, 1.82) is 0 Å². The van der Waals surface area contributed by atoms with E-state index in [9.17, 15) is 34.0 Å². The van der Waals surface area contributed by atoms with Crippen LogP contribution in [0.15, 0.2) is 72.9 Å². The highest BCUT2D eigenvalue weighted by Crippen LogP contribution is 2.47. The number of rotatable bonds is 15. The summed E-state index contributed by atoms with van der Waals surface area (Å²) in [6, 6.07) is 12.2.